The summed E-state index contributed by atoms with van der Waals surface area (Å²) in [6.07, 6.45) is 3.93. The van der Waals surface area contributed by atoms with Crippen LogP contribution in [0.3, 0.4) is 0 Å². The first-order valence-corrected chi connectivity index (χ1v) is 7.58. The minimum absolute atomic E-state index is 0.294. The van der Waals surface area contributed by atoms with E-state index in [1.165, 1.54) is 0 Å². The molecule has 0 unspecified atom stereocenters. The maximum Gasteiger partial charge on any atom is 0.487 e. The first-order chi connectivity index (χ1) is 9.89. The summed E-state index contributed by atoms with van der Waals surface area (Å²) in [5.41, 5.74) is 1.72. The van der Waals surface area contributed by atoms with E-state index in [9.17, 15) is 0 Å². The summed E-state index contributed by atoms with van der Waals surface area (Å²) in [5, 5.41) is 3.29. The van der Waals surface area contributed by atoms with Crippen molar-refractivity contribution in [3.05, 3.63) is 35.6 Å². The summed E-state index contributed by atoms with van der Waals surface area (Å²) in [6, 6.07) is 4.07. The van der Waals surface area contributed by atoms with Gasteiger partial charge in [-0.1, -0.05) is 18.1 Å². The molecule has 1 N–H and O–H groups in total. The Kier molecular flexibility index (Phi) is 3.68. The Balaban J connectivity index is 1.76. The van der Waals surface area contributed by atoms with Crippen LogP contribution in [0.2, 0.25) is 0 Å². The van der Waals surface area contributed by atoms with Crippen LogP contribution < -0.4 is 5.32 Å². The molecule has 0 aromatic carbocycles. The van der Waals surface area contributed by atoms with Crippen LogP contribution in [0.25, 0.3) is 6.08 Å². The van der Waals surface area contributed by atoms with Crippen LogP contribution in [0.1, 0.15) is 44.9 Å². The Bertz CT molecular complexity index is 537. The predicted molar refractivity (Wildman–Crippen MR) is 85.0 cm³/mol. The van der Waals surface area contributed by atoms with Gasteiger partial charge in [0.05, 0.1) is 16.9 Å². The van der Waals surface area contributed by atoms with Crippen molar-refractivity contribution in [1.82, 2.24) is 10.3 Å². The highest BCUT2D eigenvalue weighted by molar-refractivity contribution is 6.52. The normalized spacial score (nSPS) is 24.5. The molecule has 0 spiro atoms. The van der Waals surface area contributed by atoms with E-state index >= 15 is 0 Å². The van der Waals surface area contributed by atoms with Gasteiger partial charge in [0, 0.05) is 25.2 Å². The van der Waals surface area contributed by atoms with Gasteiger partial charge in [-0.05, 0) is 39.3 Å². The highest BCUT2D eigenvalue weighted by atomic mass is 16.7. The molecular formula is C16H23BN2O2. The Morgan fingerprint density at radius 2 is 1.90 bits per heavy atom. The summed E-state index contributed by atoms with van der Waals surface area (Å²) in [5.74, 6) is 2.51. The molecular weight excluding hydrogens is 263 g/mol. The van der Waals surface area contributed by atoms with Crippen LogP contribution in [-0.2, 0) is 9.31 Å². The van der Waals surface area contributed by atoms with Crippen LogP contribution in [0.15, 0.2) is 24.3 Å². The minimum Gasteiger partial charge on any atom is -0.400 e. The fraction of sp³-hybridized carbons (Fsp3) is 0.562. The molecule has 0 atom stereocenters. The summed E-state index contributed by atoms with van der Waals surface area (Å²) < 4.78 is 12.0. The summed E-state index contributed by atoms with van der Waals surface area (Å²) in [6.45, 7) is 10.3. The molecule has 1 aromatic rings. The van der Waals surface area contributed by atoms with Crippen LogP contribution in [0, 0.1) is 0 Å². The van der Waals surface area contributed by atoms with Gasteiger partial charge in [-0.25, -0.2) is 0 Å². The van der Waals surface area contributed by atoms with Gasteiger partial charge in [0.15, 0.2) is 0 Å². The number of hydrogen-bond acceptors (Lipinski definition) is 4. The number of pyridine rings is 1. The van der Waals surface area contributed by atoms with Gasteiger partial charge in [0.1, 0.15) is 0 Å². The molecule has 112 valence electrons. The van der Waals surface area contributed by atoms with Gasteiger partial charge >= 0.3 is 7.12 Å². The van der Waals surface area contributed by atoms with Gasteiger partial charge in [-0.2, -0.15) is 0 Å². The smallest absolute Gasteiger partial charge is 0.400 e. The number of rotatable bonds is 3. The van der Waals surface area contributed by atoms with Crippen LogP contribution in [-0.4, -0.2) is 36.4 Å². The van der Waals surface area contributed by atoms with Gasteiger partial charge in [0.25, 0.3) is 0 Å². The second-order valence-corrected chi connectivity index (χ2v) is 6.82. The zero-order chi connectivity index (χ0) is 15.1. The molecule has 2 saturated heterocycles. The molecule has 0 saturated carbocycles. The fourth-order valence-electron chi connectivity index (χ4n) is 2.54. The molecule has 21 heavy (non-hydrogen) atoms. The van der Waals surface area contributed by atoms with Crippen molar-refractivity contribution < 1.29 is 9.31 Å². The first kappa shape index (κ1) is 14.8. The molecule has 3 rings (SSSR count). The third-order valence-corrected chi connectivity index (χ3v) is 4.74. The molecule has 0 amide bonds. The molecule has 4 nitrogen and oxygen atoms in total. The fourth-order valence-corrected chi connectivity index (χ4v) is 2.54. The lowest BCUT2D eigenvalue weighted by molar-refractivity contribution is 0.00578. The second kappa shape index (κ2) is 5.23. The van der Waals surface area contributed by atoms with E-state index in [-0.39, 0.29) is 18.3 Å². The number of nitrogens with zero attached hydrogens (tertiary/aromatic N) is 1. The van der Waals surface area contributed by atoms with Crippen LogP contribution in [0.4, 0.5) is 0 Å². The number of hydrogen-bond donors (Lipinski definition) is 1. The number of aromatic nitrogens is 1. The van der Waals surface area contributed by atoms with Crippen molar-refractivity contribution in [2.24, 2.45) is 0 Å². The van der Waals surface area contributed by atoms with Crippen molar-refractivity contribution >= 4 is 13.2 Å². The van der Waals surface area contributed by atoms with Gasteiger partial charge in [-0.15, -0.1) is 0 Å². The summed E-state index contributed by atoms with van der Waals surface area (Å²) in [4.78, 5) is 4.53. The number of nitrogens with one attached hydrogen (secondary N) is 1. The Labute approximate surface area is 127 Å². The van der Waals surface area contributed by atoms with E-state index in [0.29, 0.717) is 5.92 Å². The van der Waals surface area contributed by atoms with Crippen LogP contribution in [0.5, 0.6) is 0 Å². The monoisotopic (exact) mass is 286 g/mol. The Morgan fingerprint density at radius 1 is 1.24 bits per heavy atom. The van der Waals surface area contributed by atoms with Gasteiger partial charge in [0.2, 0.25) is 0 Å². The van der Waals surface area contributed by atoms with Crippen molar-refractivity contribution in [3.63, 3.8) is 0 Å². The average Bonchev–Trinajstić information content (AvgIpc) is 2.55. The van der Waals surface area contributed by atoms with Crippen molar-refractivity contribution in [3.8, 4) is 0 Å². The zero-order valence-electron chi connectivity index (χ0n) is 13.2. The third-order valence-electron chi connectivity index (χ3n) is 4.74. The van der Waals surface area contributed by atoms with Gasteiger partial charge in [-0.3, -0.25) is 4.98 Å². The maximum absolute atomic E-state index is 5.98. The van der Waals surface area contributed by atoms with E-state index in [4.69, 9.17) is 9.31 Å². The van der Waals surface area contributed by atoms with Crippen molar-refractivity contribution in [2.75, 3.05) is 13.1 Å². The minimum atomic E-state index is -0.303. The lowest BCUT2D eigenvalue weighted by atomic mass is 9.87. The highest BCUT2D eigenvalue weighted by Gasteiger charge is 2.50. The van der Waals surface area contributed by atoms with Crippen molar-refractivity contribution in [1.29, 1.82) is 0 Å². The van der Waals surface area contributed by atoms with Crippen LogP contribution >= 0.6 is 0 Å². The zero-order valence-corrected chi connectivity index (χ0v) is 13.2. The van der Waals surface area contributed by atoms with E-state index < -0.39 is 0 Å². The van der Waals surface area contributed by atoms with E-state index in [2.05, 4.69) is 50.1 Å². The third kappa shape index (κ3) is 2.78. The summed E-state index contributed by atoms with van der Waals surface area (Å²) in [7, 11) is -0.303. The molecule has 0 aliphatic carbocycles. The molecule has 2 aliphatic heterocycles. The maximum atomic E-state index is 5.98. The Morgan fingerprint density at radius 3 is 2.48 bits per heavy atom. The molecule has 5 heteroatoms. The molecule has 0 radical (unpaired) electrons. The van der Waals surface area contributed by atoms with E-state index in [1.54, 1.807) is 0 Å². The average molecular weight is 286 g/mol. The lowest BCUT2D eigenvalue weighted by Gasteiger charge is -2.32. The quantitative estimate of drug-likeness (QED) is 0.867. The highest BCUT2D eigenvalue weighted by Crippen LogP contribution is 2.37. The largest absolute Gasteiger partial charge is 0.487 e. The second-order valence-electron chi connectivity index (χ2n) is 6.82. The van der Waals surface area contributed by atoms with E-state index in [1.807, 2.05) is 18.2 Å². The molecule has 0 bridgehead atoms. The molecule has 3 heterocycles. The predicted octanol–water partition coefficient (Wildman–Crippen LogP) is 2.41. The SMILES string of the molecule is CC1(C)OB(/C=C/c2cccnc2C2CNC2)OC1(C)C. The Hall–Kier alpha value is -1.17. The van der Waals surface area contributed by atoms with E-state index in [0.717, 1.165) is 24.3 Å². The molecule has 2 aliphatic rings. The molecule has 1 aromatic heterocycles. The topological polar surface area (TPSA) is 43.4 Å². The first-order valence-electron chi connectivity index (χ1n) is 7.58. The molecule has 2 fully saturated rings. The van der Waals surface area contributed by atoms with Gasteiger partial charge < -0.3 is 14.6 Å². The lowest BCUT2D eigenvalue weighted by Crippen LogP contribution is -2.41. The summed E-state index contributed by atoms with van der Waals surface area (Å²) >= 11 is 0. The standard InChI is InChI=1S/C16H23BN2O2/c1-15(2)16(3,4)21-17(20-15)8-7-12-6-5-9-19-14(12)13-10-18-11-13/h5-9,13,18H,10-11H2,1-4H3/b8-7+. The van der Waals surface area contributed by atoms with Crippen molar-refractivity contribution in [2.45, 2.75) is 44.8 Å².